The van der Waals surface area contributed by atoms with E-state index in [0.29, 0.717) is 0 Å². The molecule has 0 unspecified atom stereocenters. The number of aryl methyl sites for hydroxylation is 1. The smallest absolute Gasteiger partial charge is 0.202 e. The first-order valence-electron chi connectivity index (χ1n) is 5.14. The Balaban J connectivity index is 2.21. The third-order valence-corrected chi connectivity index (χ3v) is 2.66. The van der Waals surface area contributed by atoms with Gasteiger partial charge in [-0.3, -0.25) is 0 Å². The van der Waals surface area contributed by atoms with Crippen LogP contribution in [0.4, 0.5) is 0 Å². The van der Waals surface area contributed by atoms with Gasteiger partial charge in [0.2, 0.25) is 5.69 Å². The number of hydrogen-bond acceptors (Lipinski definition) is 0. The maximum absolute atomic E-state index is 5.83. The minimum atomic E-state index is 0.766. The summed E-state index contributed by atoms with van der Waals surface area (Å²) in [6.45, 7) is 0. The molecule has 2 rings (SSSR count). The van der Waals surface area contributed by atoms with Gasteiger partial charge in [0.1, 0.15) is 7.05 Å². The Morgan fingerprint density at radius 3 is 2.44 bits per heavy atom. The lowest BCUT2D eigenvalue weighted by molar-refractivity contribution is -0.673. The van der Waals surface area contributed by atoms with Crippen molar-refractivity contribution >= 4 is 23.8 Å². The zero-order valence-electron chi connectivity index (χ0n) is 9.10. The van der Waals surface area contributed by atoms with Gasteiger partial charge in [0.05, 0.1) is 0 Å². The highest BCUT2D eigenvalue weighted by Gasteiger charge is 1.98. The molecule has 0 bridgehead atoms. The second-order valence-corrected chi connectivity index (χ2v) is 4.06. The van der Waals surface area contributed by atoms with Crippen molar-refractivity contribution in [1.82, 2.24) is 0 Å². The van der Waals surface area contributed by atoms with Crippen LogP contribution in [0, 0.1) is 0 Å². The van der Waals surface area contributed by atoms with Gasteiger partial charge in [-0.2, -0.15) is 0 Å². The molecule has 1 aromatic heterocycles. The molecule has 0 aliphatic heterocycles. The minimum Gasteiger partial charge on any atom is -0.202 e. The first kappa shape index (κ1) is 10.9. The SMILES string of the molecule is C[n+]1ccccc1C=Cc1ccc(Cl)cc1. The summed E-state index contributed by atoms with van der Waals surface area (Å²) in [5.41, 5.74) is 2.31. The number of rotatable bonds is 2. The minimum absolute atomic E-state index is 0.766. The van der Waals surface area contributed by atoms with Gasteiger partial charge in [0.15, 0.2) is 6.20 Å². The highest BCUT2D eigenvalue weighted by Crippen LogP contribution is 2.11. The van der Waals surface area contributed by atoms with E-state index in [-0.39, 0.29) is 0 Å². The maximum Gasteiger partial charge on any atom is 0.204 e. The lowest BCUT2D eigenvalue weighted by Crippen LogP contribution is -2.30. The Bertz CT molecular complexity index is 500. The topological polar surface area (TPSA) is 3.88 Å². The molecule has 0 aliphatic carbocycles. The summed E-state index contributed by atoms with van der Waals surface area (Å²) in [4.78, 5) is 0. The van der Waals surface area contributed by atoms with Crippen molar-refractivity contribution in [3.05, 3.63) is 64.9 Å². The molecule has 1 nitrogen and oxygen atoms in total. The molecule has 0 saturated heterocycles. The number of hydrogen-bond donors (Lipinski definition) is 0. The van der Waals surface area contributed by atoms with E-state index in [1.807, 2.05) is 49.6 Å². The third kappa shape index (κ3) is 2.71. The molecule has 0 spiro atoms. The van der Waals surface area contributed by atoms with Crippen LogP contribution in [0.5, 0.6) is 0 Å². The van der Waals surface area contributed by atoms with Gasteiger partial charge < -0.3 is 0 Å². The maximum atomic E-state index is 5.83. The highest BCUT2D eigenvalue weighted by atomic mass is 35.5. The predicted molar refractivity (Wildman–Crippen MR) is 68.0 cm³/mol. The molecule has 1 heterocycles. The monoisotopic (exact) mass is 230 g/mol. The molecule has 0 N–H and O–H groups in total. The fraction of sp³-hybridized carbons (Fsp3) is 0.0714. The second kappa shape index (κ2) is 4.95. The van der Waals surface area contributed by atoms with Gasteiger partial charge >= 0.3 is 0 Å². The predicted octanol–water partition coefficient (Wildman–Crippen LogP) is 3.33. The van der Waals surface area contributed by atoms with E-state index in [0.717, 1.165) is 16.3 Å². The molecule has 2 aromatic rings. The van der Waals surface area contributed by atoms with Crippen molar-refractivity contribution in [1.29, 1.82) is 0 Å². The van der Waals surface area contributed by atoms with E-state index in [1.165, 1.54) is 0 Å². The van der Waals surface area contributed by atoms with Crippen molar-refractivity contribution in [2.75, 3.05) is 0 Å². The summed E-state index contributed by atoms with van der Waals surface area (Å²) < 4.78 is 2.08. The molecule has 0 fully saturated rings. The third-order valence-electron chi connectivity index (χ3n) is 2.41. The molecule has 1 aromatic carbocycles. The second-order valence-electron chi connectivity index (χ2n) is 3.62. The average molecular weight is 231 g/mol. The molecule has 16 heavy (non-hydrogen) atoms. The largest absolute Gasteiger partial charge is 0.204 e. The number of pyridine rings is 1. The summed E-state index contributed by atoms with van der Waals surface area (Å²) in [5, 5.41) is 0.766. The van der Waals surface area contributed by atoms with Crippen LogP contribution in [0.2, 0.25) is 5.02 Å². The fourth-order valence-corrected chi connectivity index (χ4v) is 1.59. The Kier molecular flexibility index (Phi) is 3.37. The van der Waals surface area contributed by atoms with E-state index in [2.05, 4.69) is 22.8 Å². The van der Waals surface area contributed by atoms with Crippen LogP contribution in [-0.2, 0) is 7.05 Å². The molecular weight excluding hydrogens is 218 g/mol. The van der Waals surface area contributed by atoms with Gasteiger partial charge in [0.25, 0.3) is 0 Å². The zero-order valence-corrected chi connectivity index (χ0v) is 9.85. The average Bonchev–Trinajstić information content (AvgIpc) is 2.30. The van der Waals surface area contributed by atoms with Gasteiger partial charge in [-0.25, -0.2) is 4.57 Å². The first-order valence-corrected chi connectivity index (χ1v) is 5.52. The number of halogens is 1. The van der Waals surface area contributed by atoms with Crippen LogP contribution < -0.4 is 4.57 Å². The van der Waals surface area contributed by atoms with E-state index < -0.39 is 0 Å². The summed E-state index contributed by atoms with van der Waals surface area (Å²) in [6.07, 6.45) is 6.19. The van der Waals surface area contributed by atoms with E-state index in [4.69, 9.17) is 11.6 Å². The number of nitrogens with zero attached hydrogens (tertiary/aromatic N) is 1. The van der Waals surface area contributed by atoms with E-state index >= 15 is 0 Å². The highest BCUT2D eigenvalue weighted by molar-refractivity contribution is 6.30. The summed E-state index contributed by atoms with van der Waals surface area (Å²) in [6, 6.07) is 13.9. The fourth-order valence-electron chi connectivity index (χ4n) is 1.47. The van der Waals surface area contributed by atoms with Crippen molar-refractivity contribution < 1.29 is 4.57 Å². The van der Waals surface area contributed by atoms with Crippen LogP contribution in [0.15, 0.2) is 48.7 Å². The molecule has 0 saturated carbocycles. The lowest BCUT2D eigenvalue weighted by atomic mass is 10.2. The van der Waals surface area contributed by atoms with Crippen LogP contribution in [0.1, 0.15) is 11.3 Å². The van der Waals surface area contributed by atoms with E-state index in [9.17, 15) is 0 Å². The first-order chi connectivity index (χ1) is 7.75. The normalized spacial score (nSPS) is 10.9. The Morgan fingerprint density at radius 1 is 1.00 bits per heavy atom. The van der Waals surface area contributed by atoms with Crippen LogP contribution >= 0.6 is 11.6 Å². The quantitative estimate of drug-likeness (QED) is 0.697. The molecular formula is C14H13ClN+. The molecule has 2 heteroatoms. The Labute approximate surface area is 101 Å². The Hall–Kier alpha value is -1.60. The lowest BCUT2D eigenvalue weighted by Gasteiger charge is -1.94. The van der Waals surface area contributed by atoms with Crippen LogP contribution in [0.25, 0.3) is 12.2 Å². The molecule has 0 amide bonds. The van der Waals surface area contributed by atoms with Gasteiger partial charge in [-0.05, 0) is 29.8 Å². The summed E-state index contributed by atoms with van der Waals surface area (Å²) in [7, 11) is 2.03. The Morgan fingerprint density at radius 2 is 1.75 bits per heavy atom. The van der Waals surface area contributed by atoms with Crippen LogP contribution in [0.3, 0.4) is 0 Å². The van der Waals surface area contributed by atoms with Gasteiger partial charge in [-0.1, -0.05) is 23.7 Å². The zero-order chi connectivity index (χ0) is 11.4. The van der Waals surface area contributed by atoms with Crippen molar-refractivity contribution in [2.24, 2.45) is 7.05 Å². The summed E-state index contributed by atoms with van der Waals surface area (Å²) >= 11 is 5.83. The van der Waals surface area contributed by atoms with Crippen molar-refractivity contribution in [3.8, 4) is 0 Å². The number of aromatic nitrogens is 1. The van der Waals surface area contributed by atoms with Crippen molar-refractivity contribution in [3.63, 3.8) is 0 Å². The van der Waals surface area contributed by atoms with E-state index in [1.54, 1.807) is 0 Å². The summed E-state index contributed by atoms with van der Waals surface area (Å²) in [5.74, 6) is 0. The van der Waals surface area contributed by atoms with Gasteiger partial charge in [0, 0.05) is 23.2 Å². The van der Waals surface area contributed by atoms with Crippen molar-refractivity contribution in [2.45, 2.75) is 0 Å². The number of benzene rings is 1. The standard InChI is InChI=1S/C14H13ClN/c1-16-11-3-2-4-14(16)10-7-12-5-8-13(15)9-6-12/h2-11H,1H3/q+1. The molecule has 0 atom stereocenters. The van der Waals surface area contributed by atoms with Crippen LogP contribution in [-0.4, -0.2) is 0 Å². The molecule has 0 radical (unpaired) electrons. The van der Waals surface area contributed by atoms with Gasteiger partial charge in [-0.15, -0.1) is 0 Å². The molecule has 0 aliphatic rings. The molecule has 80 valence electrons.